The highest BCUT2D eigenvalue weighted by Crippen LogP contribution is 2.24. The maximum absolute atomic E-state index is 11.7. The Bertz CT molecular complexity index is 408. The second-order valence-corrected chi connectivity index (χ2v) is 4.88. The lowest BCUT2D eigenvalue weighted by Gasteiger charge is -2.10. The van der Waals surface area contributed by atoms with Crippen molar-refractivity contribution in [1.82, 2.24) is 10.6 Å². The van der Waals surface area contributed by atoms with Crippen LogP contribution in [0.2, 0.25) is 0 Å². The summed E-state index contributed by atoms with van der Waals surface area (Å²) in [7, 11) is 0. The third-order valence-corrected chi connectivity index (χ3v) is 3.42. The number of amides is 2. The van der Waals surface area contributed by atoms with Gasteiger partial charge in [0.2, 0.25) is 11.8 Å². The third-order valence-electron chi connectivity index (χ3n) is 3.42. The van der Waals surface area contributed by atoms with Crippen LogP contribution < -0.4 is 10.6 Å². The maximum Gasteiger partial charge on any atom is 0.223 e. The Morgan fingerprint density at radius 1 is 1.26 bits per heavy atom. The van der Waals surface area contributed by atoms with Gasteiger partial charge in [-0.15, -0.1) is 0 Å². The van der Waals surface area contributed by atoms with E-state index in [1.807, 2.05) is 6.07 Å². The van der Waals surface area contributed by atoms with Crippen molar-refractivity contribution >= 4 is 11.8 Å². The van der Waals surface area contributed by atoms with Crippen LogP contribution in [0, 0.1) is 5.92 Å². The Balaban J connectivity index is 1.57. The largest absolute Gasteiger partial charge is 0.467 e. The Morgan fingerprint density at radius 3 is 2.74 bits per heavy atom. The lowest BCUT2D eigenvalue weighted by molar-refractivity contribution is -0.125. The van der Waals surface area contributed by atoms with Crippen molar-refractivity contribution in [2.45, 2.75) is 38.6 Å². The van der Waals surface area contributed by atoms with Crippen molar-refractivity contribution in [1.29, 1.82) is 0 Å². The highest BCUT2D eigenvalue weighted by Gasteiger charge is 2.22. The second-order valence-electron chi connectivity index (χ2n) is 4.88. The van der Waals surface area contributed by atoms with Crippen LogP contribution in [0.1, 0.15) is 37.9 Å². The lowest BCUT2D eigenvalue weighted by Crippen LogP contribution is -2.33. The summed E-state index contributed by atoms with van der Waals surface area (Å²) in [6, 6.07) is 3.59. The molecule has 5 nitrogen and oxygen atoms in total. The second kappa shape index (κ2) is 6.97. The van der Waals surface area contributed by atoms with Crippen molar-refractivity contribution in [2.24, 2.45) is 5.92 Å². The molecule has 0 atom stereocenters. The minimum Gasteiger partial charge on any atom is -0.467 e. The van der Waals surface area contributed by atoms with Gasteiger partial charge in [-0.2, -0.15) is 0 Å². The Labute approximate surface area is 112 Å². The fourth-order valence-electron chi connectivity index (χ4n) is 2.32. The molecule has 1 heterocycles. The van der Waals surface area contributed by atoms with Crippen LogP contribution in [0.15, 0.2) is 22.8 Å². The monoisotopic (exact) mass is 264 g/mol. The van der Waals surface area contributed by atoms with Gasteiger partial charge in [0.05, 0.1) is 12.8 Å². The van der Waals surface area contributed by atoms with E-state index in [2.05, 4.69) is 10.6 Å². The average molecular weight is 264 g/mol. The predicted molar refractivity (Wildman–Crippen MR) is 70.1 cm³/mol. The highest BCUT2D eigenvalue weighted by atomic mass is 16.3. The molecule has 0 aliphatic heterocycles. The molecular formula is C14H20N2O3. The number of hydrogen-bond acceptors (Lipinski definition) is 3. The smallest absolute Gasteiger partial charge is 0.223 e. The van der Waals surface area contributed by atoms with Crippen molar-refractivity contribution in [3.63, 3.8) is 0 Å². The first kappa shape index (κ1) is 13.6. The van der Waals surface area contributed by atoms with E-state index in [-0.39, 0.29) is 17.7 Å². The summed E-state index contributed by atoms with van der Waals surface area (Å²) in [6.45, 7) is 0.793. The molecule has 1 saturated carbocycles. The first-order chi connectivity index (χ1) is 9.25. The molecule has 2 amide bonds. The SMILES string of the molecule is O=C(CCNC(=O)C1CCCC1)NCc1ccco1. The predicted octanol–water partition coefficient (Wildman–Crippen LogP) is 1.59. The summed E-state index contributed by atoms with van der Waals surface area (Å²) in [4.78, 5) is 23.3. The lowest BCUT2D eigenvalue weighted by atomic mass is 10.1. The van der Waals surface area contributed by atoms with E-state index in [0.717, 1.165) is 31.4 Å². The van der Waals surface area contributed by atoms with Gasteiger partial charge >= 0.3 is 0 Å². The fourth-order valence-corrected chi connectivity index (χ4v) is 2.32. The molecule has 0 saturated heterocycles. The Hall–Kier alpha value is -1.78. The first-order valence-corrected chi connectivity index (χ1v) is 6.82. The summed E-state index contributed by atoms with van der Waals surface area (Å²) < 4.78 is 5.11. The van der Waals surface area contributed by atoms with E-state index in [1.165, 1.54) is 0 Å². The quantitative estimate of drug-likeness (QED) is 0.819. The van der Waals surface area contributed by atoms with Gasteiger partial charge in [-0.25, -0.2) is 0 Å². The maximum atomic E-state index is 11.7. The number of nitrogens with one attached hydrogen (secondary N) is 2. The molecule has 1 fully saturated rings. The van der Waals surface area contributed by atoms with E-state index < -0.39 is 0 Å². The van der Waals surface area contributed by atoms with E-state index in [0.29, 0.717) is 19.5 Å². The molecule has 1 aliphatic rings. The summed E-state index contributed by atoms with van der Waals surface area (Å²) >= 11 is 0. The van der Waals surface area contributed by atoms with Crippen molar-refractivity contribution in [3.05, 3.63) is 24.2 Å². The molecule has 0 bridgehead atoms. The molecule has 5 heteroatoms. The molecule has 19 heavy (non-hydrogen) atoms. The van der Waals surface area contributed by atoms with Crippen molar-refractivity contribution in [3.8, 4) is 0 Å². The van der Waals surface area contributed by atoms with Crippen LogP contribution in [-0.2, 0) is 16.1 Å². The molecule has 1 aromatic heterocycles. The van der Waals surface area contributed by atoms with Gasteiger partial charge in [0.15, 0.2) is 0 Å². The molecule has 0 spiro atoms. The Kier molecular flexibility index (Phi) is 5.01. The summed E-state index contributed by atoms with van der Waals surface area (Å²) in [6.07, 6.45) is 6.12. The number of hydrogen-bond donors (Lipinski definition) is 2. The highest BCUT2D eigenvalue weighted by molar-refractivity contribution is 5.80. The van der Waals surface area contributed by atoms with Crippen LogP contribution >= 0.6 is 0 Å². The van der Waals surface area contributed by atoms with Gasteiger partial charge < -0.3 is 15.1 Å². The topological polar surface area (TPSA) is 71.3 Å². The van der Waals surface area contributed by atoms with Gasteiger partial charge in [-0.05, 0) is 25.0 Å². The summed E-state index contributed by atoms with van der Waals surface area (Å²) in [5.74, 6) is 0.897. The summed E-state index contributed by atoms with van der Waals surface area (Å²) in [5, 5.41) is 5.57. The van der Waals surface area contributed by atoms with Gasteiger partial charge in [-0.3, -0.25) is 9.59 Å². The zero-order chi connectivity index (χ0) is 13.5. The first-order valence-electron chi connectivity index (χ1n) is 6.82. The Morgan fingerprint density at radius 2 is 2.05 bits per heavy atom. The van der Waals surface area contributed by atoms with Gasteiger partial charge in [-0.1, -0.05) is 12.8 Å². The van der Waals surface area contributed by atoms with Crippen molar-refractivity contribution in [2.75, 3.05) is 6.54 Å². The van der Waals surface area contributed by atoms with Gasteiger partial charge in [0.1, 0.15) is 5.76 Å². The zero-order valence-electron chi connectivity index (χ0n) is 11.0. The molecular weight excluding hydrogens is 244 g/mol. The normalized spacial score (nSPS) is 15.4. The standard InChI is InChI=1S/C14H20N2O3/c17-13(16-10-12-6-3-9-19-12)7-8-15-14(18)11-4-1-2-5-11/h3,6,9,11H,1-2,4-5,7-8,10H2,(H,15,18)(H,16,17). The van der Waals surface area contributed by atoms with E-state index in [1.54, 1.807) is 12.3 Å². The molecule has 2 N–H and O–H groups in total. The van der Waals surface area contributed by atoms with Crippen LogP contribution in [0.4, 0.5) is 0 Å². The molecule has 2 rings (SSSR count). The van der Waals surface area contributed by atoms with E-state index in [9.17, 15) is 9.59 Å². The van der Waals surface area contributed by atoms with Crippen molar-refractivity contribution < 1.29 is 14.0 Å². The summed E-state index contributed by atoms with van der Waals surface area (Å²) in [5.41, 5.74) is 0. The van der Waals surface area contributed by atoms with Crippen LogP contribution in [0.25, 0.3) is 0 Å². The molecule has 0 unspecified atom stereocenters. The van der Waals surface area contributed by atoms with E-state index in [4.69, 9.17) is 4.42 Å². The minimum absolute atomic E-state index is 0.0804. The van der Waals surface area contributed by atoms with Crippen LogP contribution in [-0.4, -0.2) is 18.4 Å². The van der Waals surface area contributed by atoms with Gasteiger partial charge in [0, 0.05) is 18.9 Å². The van der Waals surface area contributed by atoms with Crippen LogP contribution in [0.5, 0.6) is 0 Å². The fraction of sp³-hybridized carbons (Fsp3) is 0.571. The number of carbonyl (C=O) groups is 2. The molecule has 0 radical (unpaired) electrons. The van der Waals surface area contributed by atoms with Gasteiger partial charge in [0.25, 0.3) is 0 Å². The van der Waals surface area contributed by atoms with E-state index >= 15 is 0 Å². The minimum atomic E-state index is -0.0804. The molecule has 104 valence electrons. The third kappa shape index (κ3) is 4.43. The number of furan rings is 1. The van der Waals surface area contributed by atoms with Crippen LogP contribution in [0.3, 0.4) is 0 Å². The zero-order valence-corrected chi connectivity index (χ0v) is 11.0. The number of carbonyl (C=O) groups excluding carboxylic acids is 2. The average Bonchev–Trinajstić information content (AvgIpc) is 3.09. The molecule has 1 aromatic rings. The molecule has 1 aliphatic carbocycles. The molecule has 0 aromatic carbocycles. The number of rotatable bonds is 6.